The van der Waals surface area contributed by atoms with Crippen molar-refractivity contribution in [3.05, 3.63) is 59.5 Å². The average molecular weight is 337 g/mol. The van der Waals surface area contributed by atoms with Crippen molar-refractivity contribution in [2.45, 2.75) is 13.8 Å². The van der Waals surface area contributed by atoms with Gasteiger partial charge in [-0.1, -0.05) is 11.6 Å². The lowest BCUT2D eigenvalue weighted by Gasteiger charge is -2.16. The summed E-state index contributed by atoms with van der Waals surface area (Å²) in [6, 6.07) is 10.2. The molecule has 0 amide bonds. The van der Waals surface area contributed by atoms with Crippen LogP contribution in [0.15, 0.2) is 42.7 Å². The number of aromatic amines is 1. The van der Waals surface area contributed by atoms with Crippen molar-refractivity contribution in [1.82, 2.24) is 9.97 Å². The van der Waals surface area contributed by atoms with Gasteiger partial charge in [0.25, 0.3) is 0 Å². The second kappa shape index (κ2) is 5.98. The monoisotopic (exact) mass is 337 g/mol. The minimum Gasteiger partial charge on any atom is -0.358 e. The molecule has 5 heteroatoms. The molecule has 0 saturated carbocycles. The number of aryl methyl sites for hydroxylation is 2. The highest BCUT2D eigenvalue weighted by atomic mass is 32.2. The van der Waals surface area contributed by atoms with E-state index in [1.807, 2.05) is 25.3 Å². The highest BCUT2D eigenvalue weighted by Gasteiger charge is 2.32. The molecule has 24 heavy (non-hydrogen) atoms. The fourth-order valence-corrected chi connectivity index (χ4v) is 4.45. The van der Waals surface area contributed by atoms with E-state index < -0.39 is 0 Å². The number of carbonyl (C=O) groups excluding carboxylic acids is 1. The fraction of sp³-hybridized carbons (Fsp3) is 0.263. The summed E-state index contributed by atoms with van der Waals surface area (Å²) < 4.78 is 2.17. The number of carbonyl (C=O) groups is 1. The van der Waals surface area contributed by atoms with Gasteiger partial charge in [0.2, 0.25) is 0 Å². The largest absolute Gasteiger partial charge is 0.358 e. The molecule has 3 heterocycles. The van der Waals surface area contributed by atoms with Crippen LogP contribution in [0.2, 0.25) is 0 Å². The molecule has 0 radical (unpaired) electrons. The molecule has 1 fully saturated rings. The highest BCUT2D eigenvalue weighted by molar-refractivity contribution is 8.00. The first-order valence-corrected chi connectivity index (χ1v) is 9.01. The van der Waals surface area contributed by atoms with Crippen LogP contribution in [0.1, 0.15) is 21.6 Å². The van der Waals surface area contributed by atoms with Crippen LogP contribution >= 0.6 is 11.9 Å². The van der Waals surface area contributed by atoms with E-state index >= 15 is 0 Å². The predicted octanol–water partition coefficient (Wildman–Crippen LogP) is 4.15. The Morgan fingerprint density at radius 1 is 1.33 bits per heavy atom. The quantitative estimate of drug-likeness (QED) is 0.576. The number of anilines is 1. The Balaban J connectivity index is 1.63. The van der Waals surface area contributed by atoms with Gasteiger partial charge in [0.05, 0.1) is 17.8 Å². The zero-order chi connectivity index (χ0) is 16.7. The van der Waals surface area contributed by atoms with Crippen LogP contribution < -0.4 is 4.31 Å². The number of nitrogens with one attached hydrogen (secondary N) is 1. The SMILES string of the molecule is Cc1ccc2[nH]c(C)c(C(=O)C3CSN(c4cccnc4)C3)c2c1. The molecule has 2 aromatic heterocycles. The first-order chi connectivity index (χ1) is 11.6. The molecular formula is C19H19N3OS. The van der Waals surface area contributed by atoms with Crippen LogP contribution in [0.4, 0.5) is 5.69 Å². The fourth-order valence-electron chi connectivity index (χ4n) is 3.29. The van der Waals surface area contributed by atoms with Crippen molar-refractivity contribution < 1.29 is 4.79 Å². The molecule has 0 spiro atoms. The average Bonchev–Trinajstić information content (AvgIpc) is 3.19. The van der Waals surface area contributed by atoms with Gasteiger partial charge < -0.3 is 9.29 Å². The summed E-state index contributed by atoms with van der Waals surface area (Å²) in [6.07, 6.45) is 3.62. The van der Waals surface area contributed by atoms with Gasteiger partial charge >= 0.3 is 0 Å². The Bertz CT molecular complexity index is 904. The van der Waals surface area contributed by atoms with E-state index in [2.05, 4.69) is 39.4 Å². The molecule has 0 aliphatic carbocycles. The van der Waals surface area contributed by atoms with Crippen LogP contribution in [-0.2, 0) is 0 Å². The normalized spacial score (nSPS) is 17.6. The van der Waals surface area contributed by atoms with Crippen molar-refractivity contribution in [1.29, 1.82) is 0 Å². The number of aromatic nitrogens is 2. The van der Waals surface area contributed by atoms with E-state index in [1.165, 1.54) is 5.56 Å². The van der Waals surface area contributed by atoms with Gasteiger partial charge in [-0.05, 0) is 50.1 Å². The lowest BCUT2D eigenvalue weighted by molar-refractivity contribution is 0.0941. The maximum absolute atomic E-state index is 13.2. The molecule has 0 bridgehead atoms. The number of fused-ring (bicyclic) bond motifs is 1. The molecule has 122 valence electrons. The zero-order valence-corrected chi connectivity index (χ0v) is 14.6. The van der Waals surface area contributed by atoms with Crippen molar-refractivity contribution in [2.75, 3.05) is 16.6 Å². The maximum atomic E-state index is 13.2. The number of ketones is 1. The first-order valence-electron chi connectivity index (χ1n) is 8.07. The minimum absolute atomic E-state index is 0.00779. The predicted molar refractivity (Wildman–Crippen MR) is 99.6 cm³/mol. The number of nitrogens with zero attached hydrogens (tertiary/aromatic N) is 2. The van der Waals surface area contributed by atoms with E-state index in [-0.39, 0.29) is 11.7 Å². The van der Waals surface area contributed by atoms with Crippen LogP contribution in [0.25, 0.3) is 10.9 Å². The molecule has 4 rings (SSSR count). The smallest absolute Gasteiger partial charge is 0.171 e. The molecule has 3 aromatic rings. The van der Waals surface area contributed by atoms with Gasteiger partial charge in [0.1, 0.15) is 0 Å². The van der Waals surface area contributed by atoms with Crippen molar-refractivity contribution in [2.24, 2.45) is 5.92 Å². The van der Waals surface area contributed by atoms with Gasteiger partial charge in [-0.15, -0.1) is 0 Å². The van der Waals surface area contributed by atoms with E-state index in [1.54, 1.807) is 18.1 Å². The number of benzene rings is 1. The number of hydrogen-bond donors (Lipinski definition) is 1. The third-order valence-electron chi connectivity index (χ3n) is 4.51. The van der Waals surface area contributed by atoms with E-state index in [0.717, 1.165) is 40.1 Å². The lowest BCUT2D eigenvalue weighted by atomic mass is 9.96. The van der Waals surface area contributed by atoms with Crippen molar-refractivity contribution in [3.63, 3.8) is 0 Å². The van der Waals surface area contributed by atoms with Crippen LogP contribution in [0.5, 0.6) is 0 Å². The number of hydrogen-bond acceptors (Lipinski definition) is 4. The molecule has 1 atom stereocenters. The topological polar surface area (TPSA) is 49.0 Å². The van der Waals surface area contributed by atoms with Crippen LogP contribution in [0, 0.1) is 19.8 Å². The first kappa shape index (κ1) is 15.3. The molecule has 4 nitrogen and oxygen atoms in total. The van der Waals surface area contributed by atoms with E-state index in [0.29, 0.717) is 0 Å². The summed E-state index contributed by atoms with van der Waals surface area (Å²) in [4.78, 5) is 20.7. The number of H-pyrrole nitrogens is 1. The molecule has 1 saturated heterocycles. The minimum atomic E-state index is 0.00779. The Kier molecular flexibility index (Phi) is 3.81. The van der Waals surface area contributed by atoms with E-state index in [4.69, 9.17) is 0 Å². The molecule has 1 aromatic carbocycles. The third-order valence-corrected chi connectivity index (χ3v) is 5.73. The molecular weight excluding hydrogens is 318 g/mol. The summed E-state index contributed by atoms with van der Waals surface area (Å²) in [5, 5.41) is 1.04. The Hall–Kier alpha value is -2.27. The summed E-state index contributed by atoms with van der Waals surface area (Å²) in [5.74, 6) is 1.06. The molecule has 1 aliphatic heterocycles. The van der Waals surface area contributed by atoms with E-state index in [9.17, 15) is 4.79 Å². The molecule has 1 aliphatic rings. The highest BCUT2D eigenvalue weighted by Crippen LogP contribution is 2.34. The Morgan fingerprint density at radius 2 is 2.21 bits per heavy atom. The second-order valence-corrected chi connectivity index (χ2v) is 7.34. The Labute approximate surface area is 145 Å². The van der Waals surface area contributed by atoms with Crippen LogP contribution in [0.3, 0.4) is 0 Å². The number of pyridine rings is 1. The summed E-state index contributed by atoms with van der Waals surface area (Å²) in [7, 11) is 0. The van der Waals surface area contributed by atoms with Gasteiger partial charge in [-0.3, -0.25) is 9.78 Å². The van der Waals surface area contributed by atoms with Gasteiger partial charge in [0.15, 0.2) is 5.78 Å². The van der Waals surface area contributed by atoms with Gasteiger partial charge in [-0.2, -0.15) is 0 Å². The number of rotatable bonds is 3. The summed E-state index contributed by atoms with van der Waals surface area (Å²) in [6.45, 7) is 4.78. The standard InChI is InChI=1S/C19H19N3OS/c1-12-5-6-17-16(8-12)18(13(2)21-17)19(23)14-10-22(24-11-14)15-4-3-7-20-9-15/h3-9,14,21H,10-11H2,1-2H3. The van der Waals surface area contributed by atoms with Gasteiger partial charge in [0, 0.05) is 40.7 Å². The van der Waals surface area contributed by atoms with Gasteiger partial charge in [-0.25, -0.2) is 0 Å². The van der Waals surface area contributed by atoms with Crippen LogP contribution in [-0.4, -0.2) is 28.0 Å². The van der Waals surface area contributed by atoms with Crippen molar-refractivity contribution in [3.8, 4) is 0 Å². The summed E-state index contributed by atoms with van der Waals surface area (Å²) >= 11 is 1.71. The Morgan fingerprint density at radius 3 is 3.00 bits per heavy atom. The maximum Gasteiger partial charge on any atom is 0.171 e. The molecule has 1 N–H and O–H groups in total. The van der Waals surface area contributed by atoms with Crippen molar-refractivity contribution >= 4 is 34.3 Å². The third kappa shape index (κ3) is 2.59. The second-order valence-electron chi connectivity index (χ2n) is 6.30. The molecule has 1 unspecified atom stereocenters. The summed E-state index contributed by atoms with van der Waals surface area (Å²) in [5.41, 5.74) is 5.09. The number of Topliss-reactive ketones (excluding diaryl/α,β-unsaturated/α-hetero) is 1. The lowest BCUT2D eigenvalue weighted by Crippen LogP contribution is -2.22. The zero-order valence-electron chi connectivity index (χ0n) is 13.7.